The molecule has 0 aromatic heterocycles. The Bertz CT molecular complexity index is 1760. The molecule has 0 bridgehead atoms. The number of para-hydroxylation sites is 2. The third-order valence-electron chi connectivity index (χ3n) is 9.36. The molecule has 2 aromatic carbocycles. The maximum atomic E-state index is 13.9. The summed E-state index contributed by atoms with van der Waals surface area (Å²) in [6.07, 6.45) is 7.75. The summed E-state index contributed by atoms with van der Waals surface area (Å²) in [6, 6.07) is 16.9. The van der Waals surface area contributed by atoms with Crippen LogP contribution in [0.15, 0.2) is 95.4 Å². The minimum atomic E-state index is -0.810. The van der Waals surface area contributed by atoms with Gasteiger partial charge in [-0.05, 0) is 90.2 Å². The van der Waals surface area contributed by atoms with Crippen LogP contribution in [0.5, 0.6) is 0 Å². The third-order valence-corrected chi connectivity index (χ3v) is 9.36. The van der Waals surface area contributed by atoms with Crippen LogP contribution in [0.25, 0.3) is 0 Å². The Labute approximate surface area is 280 Å². The summed E-state index contributed by atoms with van der Waals surface area (Å²) in [5, 5.41) is 0. The number of fused-ring (bicyclic) bond motifs is 2. The lowest BCUT2D eigenvalue weighted by molar-refractivity contribution is -0.401. The van der Waals surface area contributed by atoms with Crippen molar-refractivity contribution in [3.05, 3.63) is 107 Å². The first-order chi connectivity index (χ1) is 21.9. The molecule has 0 unspecified atom stereocenters. The van der Waals surface area contributed by atoms with E-state index < -0.39 is 23.9 Å². The molecule has 2 aliphatic heterocycles. The molecule has 2 amide bonds. The van der Waals surface area contributed by atoms with Crippen LogP contribution in [0.4, 0.5) is 21.0 Å². The van der Waals surface area contributed by atoms with Crippen molar-refractivity contribution < 1.29 is 23.6 Å². The van der Waals surface area contributed by atoms with E-state index in [9.17, 15) is 9.59 Å². The maximum Gasteiger partial charge on any atom is 0.424 e. The van der Waals surface area contributed by atoms with E-state index in [1.165, 1.54) is 22.5 Å². The van der Waals surface area contributed by atoms with Crippen LogP contribution >= 0.6 is 0 Å². The molecule has 0 spiro atoms. The summed E-state index contributed by atoms with van der Waals surface area (Å²) in [7, 11) is 4.17. The minimum Gasteiger partial charge on any atom is -0.446 e. The van der Waals surface area contributed by atoms with Crippen LogP contribution in [0.2, 0.25) is 0 Å². The number of imide groups is 1. The van der Waals surface area contributed by atoms with Gasteiger partial charge in [-0.15, -0.1) is 0 Å². The summed E-state index contributed by atoms with van der Waals surface area (Å²) >= 11 is 0. The van der Waals surface area contributed by atoms with Gasteiger partial charge < -0.3 is 14.4 Å². The molecular formula is C40H50N3O4+. The van der Waals surface area contributed by atoms with Crippen LogP contribution in [0.3, 0.4) is 0 Å². The fraction of sp³-hybridized carbons (Fsp3) is 0.425. The van der Waals surface area contributed by atoms with Crippen LogP contribution in [-0.4, -0.2) is 53.2 Å². The Morgan fingerprint density at radius 3 is 2.15 bits per heavy atom. The molecule has 2 heterocycles. The molecule has 47 heavy (non-hydrogen) atoms. The molecule has 0 N–H and O–H groups in total. The standard InChI is InChI=1S/C40H50N3O4/c1-26(2)46-36(44)43(37(45)47-38(3,4)5)35-27(22-24-33-39(6,7)29-16-12-14-18-31(29)41(33)10)20-21-28(35)23-25-34-40(8,9)30-17-13-15-19-32(30)42(34)11/h12-19,22-26H,20-21H2,1-11H3/q+1. The van der Waals surface area contributed by atoms with E-state index in [4.69, 9.17) is 9.47 Å². The molecule has 1 aliphatic carbocycles. The van der Waals surface area contributed by atoms with Gasteiger partial charge in [0.05, 0.1) is 17.2 Å². The van der Waals surface area contributed by atoms with Gasteiger partial charge >= 0.3 is 12.2 Å². The van der Waals surface area contributed by atoms with Crippen LogP contribution in [-0.2, 0) is 20.3 Å². The normalized spacial score (nSPS) is 20.1. The summed E-state index contributed by atoms with van der Waals surface area (Å²) in [6.45, 7) is 17.8. The van der Waals surface area contributed by atoms with Gasteiger partial charge in [-0.3, -0.25) is 0 Å². The topological polar surface area (TPSA) is 62.1 Å². The number of anilines is 1. The van der Waals surface area contributed by atoms with Gasteiger partial charge in [0, 0.05) is 41.6 Å². The smallest absolute Gasteiger partial charge is 0.424 e. The molecule has 2 aromatic rings. The molecule has 7 nitrogen and oxygen atoms in total. The number of amides is 2. The van der Waals surface area contributed by atoms with Crippen molar-refractivity contribution in [3.8, 4) is 0 Å². The van der Waals surface area contributed by atoms with Crippen molar-refractivity contribution >= 4 is 29.3 Å². The Balaban J connectivity index is 1.65. The van der Waals surface area contributed by atoms with Crippen molar-refractivity contribution in [3.63, 3.8) is 0 Å². The zero-order valence-electron chi connectivity index (χ0n) is 29.9. The van der Waals surface area contributed by atoms with Crippen molar-refractivity contribution in [1.29, 1.82) is 0 Å². The second-order valence-electron chi connectivity index (χ2n) is 15.0. The van der Waals surface area contributed by atoms with Gasteiger partial charge in [-0.1, -0.05) is 62.4 Å². The van der Waals surface area contributed by atoms with E-state index in [0.29, 0.717) is 18.5 Å². The summed E-state index contributed by atoms with van der Waals surface area (Å²) < 4.78 is 13.7. The first-order valence-corrected chi connectivity index (χ1v) is 16.6. The average molecular weight is 637 g/mol. The molecular weight excluding hydrogens is 586 g/mol. The number of carbonyl (C=O) groups excluding carboxylic acids is 2. The Morgan fingerprint density at radius 2 is 1.53 bits per heavy atom. The predicted octanol–water partition coefficient (Wildman–Crippen LogP) is 9.32. The Morgan fingerprint density at radius 1 is 0.894 bits per heavy atom. The van der Waals surface area contributed by atoms with E-state index >= 15 is 0 Å². The highest BCUT2D eigenvalue weighted by Crippen LogP contribution is 2.47. The van der Waals surface area contributed by atoms with Gasteiger partial charge in [-0.2, -0.15) is 9.48 Å². The summed E-state index contributed by atoms with van der Waals surface area (Å²) in [4.78, 5) is 31.0. The fourth-order valence-corrected chi connectivity index (χ4v) is 7.11. The first kappa shape index (κ1) is 34.0. The highest BCUT2D eigenvalue weighted by Gasteiger charge is 2.43. The zero-order chi connectivity index (χ0) is 34.5. The van der Waals surface area contributed by atoms with E-state index in [0.717, 1.165) is 27.5 Å². The quantitative estimate of drug-likeness (QED) is 0.306. The number of allylic oxidation sites excluding steroid dienone is 7. The second kappa shape index (κ2) is 12.3. The Hall–Kier alpha value is -4.39. The number of rotatable bonds is 5. The zero-order valence-corrected chi connectivity index (χ0v) is 29.9. The molecule has 0 saturated carbocycles. The fourth-order valence-electron chi connectivity index (χ4n) is 7.11. The van der Waals surface area contributed by atoms with Gasteiger partial charge in [0.1, 0.15) is 12.6 Å². The van der Waals surface area contributed by atoms with Crippen molar-refractivity contribution in [2.45, 2.75) is 97.7 Å². The van der Waals surface area contributed by atoms with Gasteiger partial charge in [0.15, 0.2) is 5.71 Å². The molecule has 0 fully saturated rings. The highest BCUT2D eigenvalue weighted by molar-refractivity contribution is 6.03. The SMILES string of the molecule is CC(C)OC(=O)N(C(=O)OC(C)(C)C)C1=C(/C=C/C2=[N+](C)c3ccccc3C2(C)C)CC/C1=C\C=C1\N(C)c2ccccc2C1(C)C. The van der Waals surface area contributed by atoms with Crippen molar-refractivity contribution in [2.75, 3.05) is 19.0 Å². The molecule has 0 radical (unpaired) electrons. The van der Waals surface area contributed by atoms with E-state index in [1.54, 1.807) is 34.6 Å². The predicted molar refractivity (Wildman–Crippen MR) is 189 cm³/mol. The lowest BCUT2D eigenvalue weighted by atomic mass is 9.81. The first-order valence-electron chi connectivity index (χ1n) is 16.6. The minimum absolute atomic E-state index is 0.223. The number of benzene rings is 2. The van der Waals surface area contributed by atoms with Crippen LogP contribution in [0, 0.1) is 0 Å². The number of carbonyl (C=O) groups is 2. The second-order valence-corrected chi connectivity index (χ2v) is 15.0. The highest BCUT2D eigenvalue weighted by atomic mass is 16.6. The van der Waals surface area contributed by atoms with Crippen LogP contribution in [0.1, 0.15) is 86.3 Å². The Kier molecular flexibility index (Phi) is 8.91. The monoisotopic (exact) mass is 636 g/mol. The number of ether oxygens (including phenoxy) is 2. The molecule has 7 heteroatoms. The molecule has 0 atom stereocenters. The van der Waals surface area contributed by atoms with Gasteiger partial charge in [-0.25, -0.2) is 9.59 Å². The summed E-state index contributed by atoms with van der Waals surface area (Å²) in [5.74, 6) is 0. The van der Waals surface area contributed by atoms with Gasteiger partial charge in [0.25, 0.3) is 0 Å². The molecule has 248 valence electrons. The summed E-state index contributed by atoms with van der Waals surface area (Å²) in [5.41, 5.74) is 8.13. The van der Waals surface area contributed by atoms with E-state index in [2.05, 4.69) is 124 Å². The lowest BCUT2D eigenvalue weighted by Gasteiger charge is -2.28. The number of hydrogen-bond donors (Lipinski definition) is 0. The van der Waals surface area contributed by atoms with Crippen molar-refractivity contribution in [1.82, 2.24) is 4.90 Å². The molecule has 0 saturated heterocycles. The van der Waals surface area contributed by atoms with Crippen LogP contribution < -0.4 is 4.90 Å². The number of likely N-dealkylation sites (N-methyl/N-ethyl adjacent to an activating group) is 1. The maximum absolute atomic E-state index is 13.9. The molecule has 3 aliphatic rings. The van der Waals surface area contributed by atoms with E-state index in [-0.39, 0.29) is 10.8 Å². The van der Waals surface area contributed by atoms with Crippen molar-refractivity contribution in [2.24, 2.45) is 0 Å². The molecule has 5 rings (SSSR count). The number of nitrogens with zero attached hydrogens (tertiary/aromatic N) is 3. The van der Waals surface area contributed by atoms with E-state index in [1.807, 2.05) is 0 Å². The average Bonchev–Trinajstić information content (AvgIpc) is 3.52. The third kappa shape index (κ3) is 6.32. The largest absolute Gasteiger partial charge is 0.446 e. The lowest BCUT2D eigenvalue weighted by Crippen LogP contribution is -2.41. The van der Waals surface area contributed by atoms with Gasteiger partial charge in [0.2, 0.25) is 5.69 Å². The number of hydrogen-bond acceptors (Lipinski definition) is 5.